The van der Waals surface area contributed by atoms with Gasteiger partial charge in [-0.3, -0.25) is 14.5 Å². The smallest absolute Gasteiger partial charge is 0.267 e. The molecule has 26 heavy (non-hydrogen) atoms. The van der Waals surface area contributed by atoms with Crippen LogP contribution in [0.4, 0.5) is 11.4 Å². The molecule has 1 aliphatic heterocycles. The fourth-order valence-corrected chi connectivity index (χ4v) is 2.41. The van der Waals surface area contributed by atoms with Crippen LogP contribution in [0.15, 0.2) is 36.0 Å². The van der Waals surface area contributed by atoms with E-state index in [2.05, 4.69) is 20.9 Å². The lowest BCUT2D eigenvalue weighted by molar-refractivity contribution is -0.114. The van der Waals surface area contributed by atoms with E-state index in [9.17, 15) is 14.9 Å². The first-order valence-electron chi connectivity index (χ1n) is 8.41. The number of hydrogen-bond donors (Lipinski definition) is 3. The van der Waals surface area contributed by atoms with Crippen LogP contribution in [-0.2, 0) is 14.3 Å². The summed E-state index contributed by atoms with van der Waals surface area (Å²) in [5.41, 5.74) is 1.17. The lowest BCUT2D eigenvalue weighted by Gasteiger charge is -2.26. The molecule has 8 heteroatoms. The van der Waals surface area contributed by atoms with Crippen LogP contribution in [0.1, 0.15) is 6.92 Å². The van der Waals surface area contributed by atoms with Crippen molar-refractivity contribution in [2.24, 2.45) is 0 Å². The van der Waals surface area contributed by atoms with E-state index >= 15 is 0 Å². The number of benzene rings is 1. The van der Waals surface area contributed by atoms with Gasteiger partial charge in [-0.25, -0.2) is 0 Å². The predicted octanol–water partition coefficient (Wildman–Crippen LogP) is 0.913. The maximum Gasteiger partial charge on any atom is 0.267 e. The van der Waals surface area contributed by atoms with Gasteiger partial charge in [0.05, 0.1) is 13.2 Å². The molecule has 8 nitrogen and oxygen atoms in total. The van der Waals surface area contributed by atoms with Crippen LogP contribution < -0.4 is 16.0 Å². The molecule has 1 heterocycles. The molecule has 0 bridgehead atoms. The van der Waals surface area contributed by atoms with Crippen LogP contribution in [0, 0.1) is 11.3 Å². The summed E-state index contributed by atoms with van der Waals surface area (Å²) in [6, 6.07) is 8.56. The van der Waals surface area contributed by atoms with Crippen molar-refractivity contribution in [2.75, 3.05) is 50.0 Å². The normalized spacial score (nSPS) is 15.0. The summed E-state index contributed by atoms with van der Waals surface area (Å²) in [6.07, 6.45) is 1.43. The number of morpholine rings is 1. The van der Waals surface area contributed by atoms with E-state index in [1.54, 1.807) is 24.3 Å². The molecule has 1 aromatic carbocycles. The van der Waals surface area contributed by atoms with Crippen LogP contribution in [0.25, 0.3) is 0 Å². The molecule has 0 radical (unpaired) electrons. The van der Waals surface area contributed by atoms with Crippen LogP contribution in [-0.4, -0.2) is 56.1 Å². The second-order valence-electron chi connectivity index (χ2n) is 5.79. The predicted molar refractivity (Wildman–Crippen MR) is 98.3 cm³/mol. The maximum atomic E-state index is 12.2. The van der Waals surface area contributed by atoms with Crippen molar-refractivity contribution < 1.29 is 14.3 Å². The molecule has 0 saturated carbocycles. The number of hydrogen-bond acceptors (Lipinski definition) is 6. The molecule has 1 saturated heterocycles. The third-order valence-electron chi connectivity index (χ3n) is 3.75. The Morgan fingerprint density at radius 2 is 1.81 bits per heavy atom. The first-order chi connectivity index (χ1) is 12.6. The first kappa shape index (κ1) is 19.4. The van der Waals surface area contributed by atoms with Crippen molar-refractivity contribution in [2.45, 2.75) is 6.92 Å². The molecule has 0 aliphatic carbocycles. The van der Waals surface area contributed by atoms with E-state index in [1.807, 2.05) is 6.07 Å². The Labute approximate surface area is 152 Å². The Bertz CT molecular complexity index is 688. The zero-order chi connectivity index (χ0) is 18.8. The minimum Gasteiger partial charge on any atom is -0.388 e. The number of nitrogens with one attached hydrogen (secondary N) is 3. The van der Waals surface area contributed by atoms with Gasteiger partial charge >= 0.3 is 0 Å². The van der Waals surface area contributed by atoms with Crippen molar-refractivity contribution in [3.63, 3.8) is 0 Å². The van der Waals surface area contributed by atoms with E-state index in [0.29, 0.717) is 17.9 Å². The summed E-state index contributed by atoms with van der Waals surface area (Å²) >= 11 is 0. The minimum atomic E-state index is -0.487. The van der Waals surface area contributed by atoms with E-state index in [4.69, 9.17) is 4.74 Å². The number of ether oxygens (including phenoxy) is 1. The third-order valence-corrected chi connectivity index (χ3v) is 3.75. The Morgan fingerprint density at radius 3 is 2.38 bits per heavy atom. The van der Waals surface area contributed by atoms with Crippen LogP contribution in [0.2, 0.25) is 0 Å². The molecule has 1 aliphatic rings. The number of nitrogens with zero attached hydrogens (tertiary/aromatic N) is 2. The second kappa shape index (κ2) is 10.2. The summed E-state index contributed by atoms with van der Waals surface area (Å²) in [4.78, 5) is 25.4. The van der Waals surface area contributed by atoms with Gasteiger partial charge < -0.3 is 20.7 Å². The van der Waals surface area contributed by atoms with Gasteiger partial charge in [0.25, 0.3) is 5.91 Å². The molecule has 1 fully saturated rings. The highest BCUT2D eigenvalue weighted by molar-refractivity contribution is 6.06. The van der Waals surface area contributed by atoms with Gasteiger partial charge in [0.1, 0.15) is 11.6 Å². The molecule has 0 unspecified atom stereocenters. The maximum absolute atomic E-state index is 12.2. The Hall–Kier alpha value is -2.89. The van der Waals surface area contributed by atoms with Crippen molar-refractivity contribution in [1.82, 2.24) is 10.2 Å². The molecule has 3 N–H and O–H groups in total. The van der Waals surface area contributed by atoms with E-state index in [0.717, 1.165) is 32.8 Å². The number of rotatable bonds is 7. The van der Waals surface area contributed by atoms with Gasteiger partial charge in [0.15, 0.2) is 0 Å². The number of carbonyl (C=O) groups excluding carboxylic acids is 2. The summed E-state index contributed by atoms with van der Waals surface area (Å²) in [5, 5.41) is 17.5. The summed E-state index contributed by atoms with van der Waals surface area (Å²) < 4.78 is 5.29. The molecule has 1 aromatic rings. The van der Waals surface area contributed by atoms with Crippen LogP contribution >= 0.6 is 0 Å². The van der Waals surface area contributed by atoms with E-state index in [-0.39, 0.29) is 11.5 Å². The molecule has 2 amide bonds. The zero-order valence-electron chi connectivity index (χ0n) is 14.7. The average Bonchev–Trinajstić information content (AvgIpc) is 2.64. The summed E-state index contributed by atoms with van der Waals surface area (Å²) in [6.45, 7) is 6.15. The Balaban J connectivity index is 1.81. The Kier molecular flexibility index (Phi) is 7.61. The van der Waals surface area contributed by atoms with Crippen LogP contribution in [0.5, 0.6) is 0 Å². The van der Waals surface area contributed by atoms with Gasteiger partial charge in [-0.2, -0.15) is 5.26 Å². The molecule has 0 aromatic heterocycles. The van der Waals surface area contributed by atoms with E-state index in [1.165, 1.54) is 13.1 Å². The van der Waals surface area contributed by atoms with Crippen molar-refractivity contribution in [1.29, 1.82) is 5.26 Å². The van der Waals surface area contributed by atoms with Gasteiger partial charge in [-0.05, 0) is 24.3 Å². The van der Waals surface area contributed by atoms with Crippen molar-refractivity contribution in [3.05, 3.63) is 36.0 Å². The molecular weight excluding hydrogens is 334 g/mol. The monoisotopic (exact) mass is 357 g/mol. The topological polar surface area (TPSA) is 106 Å². The lowest BCUT2D eigenvalue weighted by Crippen LogP contribution is -2.39. The number of carbonyl (C=O) groups is 2. The molecule has 0 spiro atoms. The SMILES string of the molecule is CC(=O)Nc1ccc(NC(=O)/C(C#N)=C\NCCN2CCOCC2)cc1. The fraction of sp³-hybridized carbons (Fsp3) is 0.389. The lowest BCUT2D eigenvalue weighted by atomic mass is 10.2. The van der Waals surface area contributed by atoms with Gasteiger partial charge in [0.2, 0.25) is 5.91 Å². The second-order valence-corrected chi connectivity index (χ2v) is 5.79. The highest BCUT2D eigenvalue weighted by Crippen LogP contribution is 2.14. The van der Waals surface area contributed by atoms with Gasteiger partial charge in [-0.15, -0.1) is 0 Å². The van der Waals surface area contributed by atoms with Crippen molar-refractivity contribution >= 4 is 23.2 Å². The number of anilines is 2. The average molecular weight is 357 g/mol. The van der Waals surface area contributed by atoms with Gasteiger partial charge in [0, 0.05) is 50.7 Å². The number of nitriles is 1. The third kappa shape index (κ3) is 6.55. The standard InChI is InChI=1S/C18H23N5O3/c1-14(24)21-16-2-4-17(5-3-16)22-18(25)15(12-19)13-20-6-7-23-8-10-26-11-9-23/h2-5,13,20H,6-11H2,1H3,(H,21,24)(H,22,25)/b15-13-. The molecule has 0 atom stereocenters. The number of amides is 2. The zero-order valence-corrected chi connectivity index (χ0v) is 14.7. The Morgan fingerprint density at radius 1 is 1.19 bits per heavy atom. The van der Waals surface area contributed by atoms with E-state index < -0.39 is 5.91 Å². The quantitative estimate of drug-likeness (QED) is 0.380. The summed E-state index contributed by atoms with van der Waals surface area (Å²) in [5.74, 6) is -0.654. The highest BCUT2D eigenvalue weighted by Gasteiger charge is 2.11. The highest BCUT2D eigenvalue weighted by atomic mass is 16.5. The van der Waals surface area contributed by atoms with Crippen LogP contribution in [0.3, 0.4) is 0 Å². The fourth-order valence-electron chi connectivity index (χ4n) is 2.41. The molecular formula is C18H23N5O3. The largest absolute Gasteiger partial charge is 0.388 e. The molecule has 2 rings (SSSR count). The molecule has 138 valence electrons. The van der Waals surface area contributed by atoms with Gasteiger partial charge in [-0.1, -0.05) is 0 Å². The summed E-state index contributed by atoms with van der Waals surface area (Å²) in [7, 11) is 0. The minimum absolute atomic E-state index is 0.00193. The first-order valence-corrected chi connectivity index (χ1v) is 8.41. The van der Waals surface area contributed by atoms with Crippen molar-refractivity contribution in [3.8, 4) is 6.07 Å².